The van der Waals surface area contributed by atoms with Gasteiger partial charge >= 0.3 is 0 Å². The second kappa shape index (κ2) is 4.42. The molecule has 0 atom stereocenters. The summed E-state index contributed by atoms with van der Waals surface area (Å²) in [7, 11) is 0. The van der Waals surface area contributed by atoms with Crippen LogP contribution in [0.25, 0.3) is 0 Å². The number of halogens is 2. The Balaban J connectivity index is 2.08. The number of carbonyl (C=O) groups is 2. The summed E-state index contributed by atoms with van der Waals surface area (Å²) < 4.78 is 18.8. The van der Waals surface area contributed by atoms with Crippen molar-refractivity contribution in [3.63, 3.8) is 0 Å². The maximum atomic E-state index is 13.9. The van der Waals surface area contributed by atoms with E-state index in [1.807, 2.05) is 0 Å². The molecule has 0 aliphatic carbocycles. The number of aromatic nitrogens is 1. The van der Waals surface area contributed by atoms with Gasteiger partial charge in [0.15, 0.2) is 0 Å². The van der Waals surface area contributed by atoms with E-state index in [-0.39, 0.29) is 22.8 Å². The third-order valence-corrected chi connectivity index (χ3v) is 3.33. The zero-order chi connectivity index (χ0) is 14.4. The molecule has 5 nitrogen and oxygen atoms in total. The van der Waals surface area contributed by atoms with Crippen LogP contribution in [-0.2, 0) is 11.3 Å². The molecule has 2 heterocycles. The number of nitrogens with zero attached hydrogens (tertiary/aromatic N) is 2. The molecular formula is C13H8ClFN2O3. The molecule has 0 saturated heterocycles. The monoisotopic (exact) mass is 294 g/mol. The highest BCUT2D eigenvalue weighted by atomic mass is 35.5. The second-order valence-corrected chi connectivity index (χ2v) is 4.81. The Hall–Kier alpha value is -2.21. The van der Waals surface area contributed by atoms with Gasteiger partial charge in [0.25, 0.3) is 11.7 Å². The molecule has 1 amide bonds. The van der Waals surface area contributed by atoms with Gasteiger partial charge in [0.2, 0.25) is 0 Å². The van der Waals surface area contributed by atoms with Crippen LogP contribution in [0.4, 0.5) is 10.1 Å². The molecule has 20 heavy (non-hydrogen) atoms. The summed E-state index contributed by atoms with van der Waals surface area (Å²) in [5.41, 5.74) is 0.223. The standard InChI is InChI=1S/C13H8ClFN2O3/c1-6-4-7(16-20-6)5-17-11-9(15)3-2-8(14)10(11)12(18)13(17)19/h2-4H,5H2,1H3. The highest BCUT2D eigenvalue weighted by Crippen LogP contribution is 2.37. The molecule has 102 valence electrons. The quantitative estimate of drug-likeness (QED) is 0.798. The molecule has 1 aromatic heterocycles. The second-order valence-electron chi connectivity index (χ2n) is 4.40. The third-order valence-electron chi connectivity index (χ3n) is 3.01. The van der Waals surface area contributed by atoms with E-state index >= 15 is 0 Å². The lowest BCUT2D eigenvalue weighted by atomic mass is 10.1. The summed E-state index contributed by atoms with van der Waals surface area (Å²) in [4.78, 5) is 24.9. The molecule has 0 N–H and O–H groups in total. The van der Waals surface area contributed by atoms with E-state index in [1.54, 1.807) is 13.0 Å². The van der Waals surface area contributed by atoms with E-state index in [0.29, 0.717) is 11.5 Å². The maximum absolute atomic E-state index is 13.9. The molecule has 0 radical (unpaired) electrons. The van der Waals surface area contributed by atoms with Gasteiger partial charge < -0.3 is 4.52 Å². The normalized spacial score (nSPS) is 14.1. The lowest BCUT2D eigenvalue weighted by Crippen LogP contribution is -2.29. The van der Waals surface area contributed by atoms with Crippen LogP contribution < -0.4 is 4.90 Å². The molecule has 0 bridgehead atoms. The van der Waals surface area contributed by atoms with Crippen LogP contribution in [0.2, 0.25) is 5.02 Å². The minimum Gasteiger partial charge on any atom is -0.361 e. The Labute approximate surface area is 117 Å². The predicted molar refractivity (Wildman–Crippen MR) is 68.2 cm³/mol. The van der Waals surface area contributed by atoms with Crippen LogP contribution >= 0.6 is 11.6 Å². The average Bonchev–Trinajstić information content (AvgIpc) is 2.92. The van der Waals surface area contributed by atoms with Crippen LogP contribution in [-0.4, -0.2) is 16.8 Å². The largest absolute Gasteiger partial charge is 0.361 e. The molecule has 7 heteroatoms. The number of ketones is 1. The fourth-order valence-corrected chi connectivity index (χ4v) is 2.40. The Morgan fingerprint density at radius 3 is 2.80 bits per heavy atom. The van der Waals surface area contributed by atoms with E-state index in [4.69, 9.17) is 16.1 Å². The van der Waals surface area contributed by atoms with Gasteiger partial charge in [-0.2, -0.15) is 0 Å². The summed E-state index contributed by atoms with van der Waals surface area (Å²) >= 11 is 5.87. The number of benzene rings is 1. The number of fused-ring (bicyclic) bond motifs is 1. The van der Waals surface area contributed by atoms with E-state index in [1.165, 1.54) is 6.07 Å². The molecule has 1 aliphatic heterocycles. The fourth-order valence-electron chi connectivity index (χ4n) is 2.16. The van der Waals surface area contributed by atoms with Crippen LogP contribution in [0.3, 0.4) is 0 Å². The minimum atomic E-state index is -0.826. The van der Waals surface area contributed by atoms with Crippen molar-refractivity contribution in [1.82, 2.24) is 5.16 Å². The maximum Gasteiger partial charge on any atom is 0.299 e. The van der Waals surface area contributed by atoms with Crippen molar-refractivity contribution in [2.24, 2.45) is 0 Å². The smallest absolute Gasteiger partial charge is 0.299 e. The van der Waals surface area contributed by atoms with Crippen molar-refractivity contribution >= 4 is 29.0 Å². The van der Waals surface area contributed by atoms with Gasteiger partial charge in [-0.1, -0.05) is 16.8 Å². The average molecular weight is 295 g/mol. The van der Waals surface area contributed by atoms with Crippen molar-refractivity contribution in [3.8, 4) is 0 Å². The molecule has 1 aliphatic rings. The van der Waals surface area contributed by atoms with Crippen LogP contribution in [0, 0.1) is 12.7 Å². The van der Waals surface area contributed by atoms with Gasteiger partial charge in [-0.3, -0.25) is 14.5 Å². The van der Waals surface area contributed by atoms with E-state index < -0.39 is 17.5 Å². The first-order chi connectivity index (χ1) is 9.49. The minimum absolute atomic E-state index is 0.0494. The van der Waals surface area contributed by atoms with Crippen molar-refractivity contribution in [2.45, 2.75) is 13.5 Å². The van der Waals surface area contributed by atoms with Crippen molar-refractivity contribution < 1.29 is 18.5 Å². The van der Waals surface area contributed by atoms with Crippen LogP contribution in [0.5, 0.6) is 0 Å². The summed E-state index contributed by atoms with van der Waals surface area (Å²) in [5.74, 6) is -1.76. The fraction of sp³-hybridized carbons (Fsp3) is 0.154. The number of rotatable bonds is 2. The number of aryl methyl sites for hydroxylation is 1. The molecule has 1 aromatic carbocycles. The zero-order valence-corrected chi connectivity index (χ0v) is 11.1. The van der Waals surface area contributed by atoms with Crippen molar-refractivity contribution in [2.75, 3.05) is 4.90 Å². The van der Waals surface area contributed by atoms with E-state index in [2.05, 4.69) is 5.16 Å². The van der Waals surface area contributed by atoms with Gasteiger partial charge in [-0.25, -0.2) is 4.39 Å². The van der Waals surface area contributed by atoms with Gasteiger partial charge in [0.1, 0.15) is 17.3 Å². The molecule has 2 aromatic rings. The lowest BCUT2D eigenvalue weighted by Gasteiger charge is -2.15. The summed E-state index contributed by atoms with van der Waals surface area (Å²) in [6.45, 7) is 1.64. The first-order valence-electron chi connectivity index (χ1n) is 5.75. The molecular weight excluding hydrogens is 287 g/mol. The number of hydrogen-bond acceptors (Lipinski definition) is 4. The summed E-state index contributed by atoms with van der Waals surface area (Å²) in [6, 6.07) is 3.98. The van der Waals surface area contributed by atoms with Gasteiger partial charge in [0.05, 0.1) is 22.8 Å². The summed E-state index contributed by atoms with van der Waals surface area (Å²) in [5, 5.41) is 3.78. The first-order valence-corrected chi connectivity index (χ1v) is 6.13. The molecule has 0 fully saturated rings. The van der Waals surface area contributed by atoms with Gasteiger partial charge in [-0.05, 0) is 19.1 Å². The SMILES string of the molecule is Cc1cc(CN2C(=O)C(=O)c3c(Cl)ccc(F)c32)no1. The van der Waals surface area contributed by atoms with E-state index in [9.17, 15) is 14.0 Å². The Kier molecular flexibility index (Phi) is 2.83. The molecule has 0 spiro atoms. The Morgan fingerprint density at radius 1 is 1.40 bits per heavy atom. The zero-order valence-electron chi connectivity index (χ0n) is 10.3. The summed E-state index contributed by atoms with van der Waals surface area (Å²) in [6.07, 6.45) is 0. The molecule has 0 unspecified atom stereocenters. The van der Waals surface area contributed by atoms with Crippen LogP contribution in [0.15, 0.2) is 22.7 Å². The van der Waals surface area contributed by atoms with Crippen molar-refractivity contribution in [1.29, 1.82) is 0 Å². The van der Waals surface area contributed by atoms with E-state index in [0.717, 1.165) is 11.0 Å². The molecule has 0 saturated carbocycles. The Morgan fingerprint density at radius 2 is 2.15 bits per heavy atom. The first kappa shape index (κ1) is 12.8. The number of amides is 1. The predicted octanol–water partition coefficient (Wildman–Crippen LogP) is 2.51. The number of hydrogen-bond donors (Lipinski definition) is 0. The third kappa shape index (κ3) is 1.80. The lowest BCUT2D eigenvalue weighted by molar-refractivity contribution is -0.114. The van der Waals surface area contributed by atoms with Crippen molar-refractivity contribution in [3.05, 3.63) is 46.1 Å². The number of Topliss-reactive ketones (excluding diaryl/α,β-unsaturated/α-hetero) is 1. The highest BCUT2D eigenvalue weighted by molar-refractivity contribution is 6.55. The van der Waals surface area contributed by atoms with Crippen LogP contribution in [0.1, 0.15) is 21.8 Å². The molecule has 3 rings (SSSR count). The number of anilines is 1. The van der Waals surface area contributed by atoms with Gasteiger partial charge in [0, 0.05) is 6.07 Å². The number of carbonyl (C=O) groups excluding carboxylic acids is 2. The topological polar surface area (TPSA) is 63.4 Å². The van der Waals surface area contributed by atoms with Gasteiger partial charge in [-0.15, -0.1) is 0 Å². The highest BCUT2D eigenvalue weighted by Gasteiger charge is 2.40. The Bertz CT molecular complexity index is 741.